The Morgan fingerprint density at radius 1 is 1.14 bits per heavy atom. The van der Waals surface area contributed by atoms with Gasteiger partial charge in [-0.1, -0.05) is 0 Å². The molecule has 0 aromatic carbocycles. The largest absolute Gasteiger partial charge is 0.450 e. The lowest BCUT2D eigenvalue weighted by atomic mass is 10.9. The molecule has 0 aliphatic heterocycles. The normalized spacial score (nSPS) is 9.86. The summed E-state index contributed by atoms with van der Waals surface area (Å²) in [4.78, 5) is 23.7. The highest BCUT2D eigenvalue weighted by atomic mass is 28.2. The molecular weight excluding hydrogens is 208 g/mol. The number of rotatable bonds is 5. The zero-order valence-electron chi connectivity index (χ0n) is 8.16. The van der Waals surface area contributed by atoms with Gasteiger partial charge in [-0.3, -0.25) is 4.53 Å². The lowest BCUT2D eigenvalue weighted by Gasteiger charge is -2.06. The maximum Gasteiger partial charge on any atom is 0.430 e. The van der Waals surface area contributed by atoms with Gasteiger partial charge in [0.25, 0.3) is 0 Å². The van der Waals surface area contributed by atoms with Gasteiger partial charge in [-0.05, 0) is 13.8 Å². The molecule has 14 heavy (non-hydrogen) atoms. The quantitative estimate of drug-likeness (QED) is 0.369. The zero-order chi connectivity index (χ0) is 10.8. The summed E-state index contributed by atoms with van der Waals surface area (Å²) >= 11 is 0. The van der Waals surface area contributed by atoms with E-state index >= 15 is 0 Å². The van der Waals surface area contributed by atoms with Gasteiger partial charge in [0.1, 0.15) is 0 Å². The first-order valence-corrected chi connectivity index (χ1v) is 5.44. The van der Waals surface area contributed by atoms with Gasteiger partial charge in [-0.25, -0.2) is 15.1 Å². The van der Waals surface area contributed by atoms with Crippen LogP contribution in [0.25, 0.3) is 0 Å². The average molecular weight is 222 g/mol. The van der Waals surface area contributed by atoms with Crippen LogP contribution in [0.3, 0.4) is 0 Å². The Morgan fingerprint density at radius 2 is 1.71 bits per heavy atom. The molecule has 7 nitrogen and oxygen atoms in total. The zero-order valence-corrected chi connectivity index (χ0v) is 9.58. The van der Waals surface area contributed by atoms with E-state index in [2.05, 4.69) is 19.0 Å². The number of hydroxylamine groups is 1. The van der Waals surface area contributed by atoms with Crippen molar-refractivity contribution in [3.05, 3.63) is 0 Å². The maximum atomic E-state index is 10.7. The fourth-order valence-electron chi connectivity index (χ4n) is 0.533. The lowest BCUT2D eigenvalue weighted by Crippen LogP contribution is -2.36. The number of carbonyl (C=O) groups excluding carboxylic acids is 2. The van der Waals surface area contributed by atoms with Crippen LogP contribution in [0.5, 0.6) is 0 Å². The molecule has 0 aromatic heterocycles. The molecular formula is C6H14N2O5Si. The van der Waals surface area contributed by atoms with Crippen molar-refractivity contribution in [2.45, 2.75) is 13.8 Å². The summed E-state index contributed by atoms with van der Waals surface area (Å²) in [5.74, 6) is 0. The van der Waals surface area contributed by atoms with Crippen molar-refractivity contribution in [3.63, 3.8) is 0 Å². The molecule has 0 rings (SSSR count). The van der Waals surface area contributed by atoms with Gasteiger partial charge in [-0.15, -0.1) is 0 Å². The smallest absolute Gasteiger partial charge is 0.430 e. The molecule has 0 aromatic rings. The first-order valence-electron chi connectivity index (χ1n) is 4.15. The van der Waals surface area contributed by atoms with Crippen LogP contribution in [0.1, 0.15) is 13.8 Å². The van der Waals surface area contributed by atoms with Crippen molar-refractivity contribution >= 4 is 22.1 Å². The van der Waals surface area contributed by atoms with Gasteiger partial charge in [0.05, 0.1) is 13.2 Å². The minimum absolute atomic E-state index is 0.266. The van der Waals surface area contributed by atoms with E-state index in [4.69, 9.17) is 0 Å². The first kappa shape index (κ1) is 12.7. The Balaban J connectivity index is 3.28. The maximum absolute atomic E-state index is 10.7. The molecule has 0 saturated heterocycles. The third-order valence-corrected chi connectivity index (χ3v) is 1.72. The van der Waals surface area contributed by atoms with E-state index in [9.17, 15) is 9.59 Å². The van der Waals surface area contributed by atoms with E-state index in [1.165, 1.54) is 0 Å². The predicted octanol–water partition coefficient (Wildman–Crippen LogP) is -0.591. The standard InChI is InChI=1S/C6H14N2O5Si/c1-3-11-5(9)7-13-14-8-6(10)12-4-2/h3-4,14H2,1-2H3,(H,7,9)(H,8,10). The van der Waals surface area contributed by atoms with Gasteiger partial charge >= 0.3 is 22.1 Å². The molecule has 0 bridgehead atoms. The van der Waals surface area contributed by atoms with Crippen LogP contribution in [0, 0.1) is 0 Å². The number of ether oxygens (including phenoxy) is 2. The van der Waals surface area contributed by atoms with E-state index in [0.717, 1.165) is 0 Å². The molecule has 0 saturated carbocycles. The number of amides is 2. The monoisotopic (exact) mass is 222 g/mol. The van der Waals surface area contributed by atoms with Gasteiger partial charge < -0.3 is 14.5 Å². The van der Waals surface area contributed by atoms with Crippen LogP contribution >= 0.6 is 0 Å². The second-order valence-corrected chi connectivity index (χ2v) is 2.94. The van der Waals surface area contributed by atoms with Crippen LogP contribution in [0.15, 0.2) is 0 Å². The highest BCUT2D eigenvalue weighted by Crippen LogP contribution is 1.76. The Morgan fingerprint density at radius 3 is 2.29 bits per heavy atom. The molecule has 0 spiro atoms. The number of hydrogen-bond donors (Lipinski definition) is 2. The second kappa shape index (κ2) is 8.32. The molecule has 0 aliphatic carbocycles. The van der Waals surface area contributed by atoms with Crippen LogP contribution in [0.4, 0.5) is 9.59 Å². The predicted molar refractivity (Wildman–Crippen MR) is 49.9 cm³/mol. The summed E-state index contributed by atoms with van der Waals surface area (Å²) in [5.41, 5.74) is 2.01. The number of nitrogens with one attached hydrogen (secondary N) is 2. The minimum atomic E-state index is -1.35. The van der Waals surface area contributed by atoms with E-state index in [1.807, 2.05) is 5.48 Å². The molecule has 2 amide bonds. The third kappa shape index (κ3) is 7.37. The van der Waals surface area contributed by atoms with Crippen LogP contribution in [-0.4, -0.2) is 35.3 Å². The topological polar surface area (TPSA) is 85.9 Å². The molecule has 82 valence electrons. The minimum Gasteiger partial charge on any atom is -0.450 e. The molecule has 0 radical (unpaired) electrons. The van der Waals surface area contributed by atoms with Gasteiger partial charge in [-0.2, -0.15) is 0 Å². The highest BCUT2D eigenvalue weighted by Gasteiger charge is 2.02. The second-order valence-electron chi connectivity index (χ2n) is 2.01. The SMILES string of the molecule is CCOC(=O)NO[SiH2]NC(=O)OCC. The Bertz CT molecular complexity index is 169. The summed E-state index contributed by atoms with van der Waals surface area (Å²) < 4.78 is 13.7. The van der Waals surface area contributed by atoms with Crippen molar-refractivity contribution in [1.82, 2.24) is 10.5 Å². The van der Waals surface area contributed by atoms with Crippen molar-refractivity contribution in [3.8, 4) is 0 Å². The summed E-state index contributed by atoms with van der Waals surface area (Å²) in [7, 11) is -1.35. The molecule has 0 fully saturated rings. The number of carbonyl (C=O) groups is 2. The summed E-state index contributed by atoms with van der Waals surface area (Å²) in [6.07, 6.45) is -1.23. The fraction of sp³-hybridized carbons (Fsp3) is 0.667. The van der Waals surface area contributed by atoms with E-state index in [1.54, 1.807) is 13.8 Å². The van der Waals surface area contributed by atoms with Gasteiger partial charge in [0.2, 0.25) is 0 Å². The van der Waals surface area contributed by atoms with E-state index < -0.39 is 22.1 Å². The average Bonchev–Trinajstić information content (AvgIpc) is 2.13. The molecule has 2 N–H and O–H groups in total. The van der Waals surface area contributed by atoms with Crippen molar-refractivity contribution in [1.29, 1.82) is 0 Å². The molecule has 0 heterocycles. The highest BCUT2D eigenvalue weighted by molar-refractivity contribution is 6.28. The molecule has 8 heteroatoms. The van der Waals surface area contributed by atoms with E-state index in [-0.39, 0.29) is 6.61 Å². The molecule has 0 atom stereocenters. The Labute approximate surface area is 84.1 Å². The first-order chi connectivity index (χ1) is 6.70. The summed E-state index contributed by atoms with van der Waals surface area (Å²) in [6, 6.07) is 0. The Hall–Kier alpha value is -1.28. The van der Waals surface area contributed by atoms with Crippen molar-refractivity contribution < 1.29 is 23.6 Å². The van der Waals surface area contributed by atoms with Crippen molar-refractivity contribution in [2.24, 2.45) is 0 Å². The summed E-state index contributed by atoms with van der Waals surface area (Å²) in [5, 5.41) is 0. The number of hydrogen-bond acceptors (Lipinski definition) is 5. The Kier molecular flexibility index (Phi) is 7.56. The van der Waals surface area contributed by atoms with Crippen LogP contribution in [-0.2, 0) is 14.0 Å². The van der Waals surface area contributed by atoms with Crippen molar-refractivity contribution in [2.75, 3.05) is 13.2 Å². The van der Waals surface area contributed by atoms with Gasteiger partial charge in [0.15, 0.2) is 0 Å². The molecule has 0 unspecified atom stereocenters. The van der Waals surface area contributed by atoms with Crippen LogP contribution in [0.2, 0.25) is 0 Å². The van der Waals surface area contributed by atoms with Crippen LogP contribution < -0.4 is 10.5 Å². The fourth-order valence-corrected chi connectivity index (χ4v) is 1.01. The van der Waals surface area contributed by atoms with Gasteiger partial charge in [0, 0.05) is 0 Å². The third-order valence-electron chi connectivity index (χ3n) is 0.995. The lowest BCUT2D eigenvalue weighted by molar-refractivity contribution is 0.104. The van der Waals surface area contributed by atoms with E-state index in [0.29, 0.717) is 6.61 Å². The molecule has 0 aliphatic rings. The summed E-state index contributed by atoms with van der Waals surface area (Å²) in [6.45, 7) is 3.93.